The van der Waals surface area contributed by atoms with Crippen LogP contribution in [0.4, 0.5) is 10.5 Å². The van der Waals surface area contributed by atoms with Crippen LogP contribution < -0.4 is 5.32 Å². The summed E-state index contributed by atoms with van der Waals surface area (Å²) in [5.74, 6) is 2.06. The zero-order valence-corrected chi connectivity index (χ0v) is 16.4. The lowest BCUT2D eigenvalue weighted by Crippen LogP contribution is -2.51. The van der Waals surface area contributed by atoms with E-state index in [0.717, 1.165) is 57.3 Å². The summed E-state index contributed by atoms with van der Waals surface area (Å²) in [6.45, 7) is 5.08. The van der Waals surface area contributed by atoms with Crippen molar-refractivity contribution >= 4 is 46.7 Å². The number of rotatable bonds is 3. The summed E-state index contributed by atoms with van der Waals surface area (Å²) in [5.41, 5.74) is 0.668. The predicted octanol–water partition coefficient (Wildman–Crippen LogP) is 3.67. The predicted molar refractivity (Wildman–Crippen MR) is 105 cm³/mol. The summed E-state index contributed by atoms with van der Waals surface area (Å²) < 4.78 is 5.42. The molecule has 0 aliphatic carbocycles. The summed E-state index contributed by atoms with van der Waals surface area (Å²) in [6.07, 6.45) is 1.01. The highest BCUT2D eigenvalue weighted by Crippen LogP contribution is 2.26. The molecular weight excluding hydrogens is 381 g/mol. The summed E-state index contributed by atoms with van der Waals surface area (Å²) in [7, 11) is 0. The lowest BCUT2D eigenvalue weighted by atomic mass is 10.2. The second-order valence-corrected chi connectivity index (χ2v) is 8.21. The fourth-order valence-electron chi connectivity index (χ4n) is 3.10. The number of anilines is 1. The Morgan fingerprint density at radius 1 is 1.24 bits per heavy atom. The Balaban J connectivity index is 1.66. The van der Waals surface area contributed by atoms with Crippen LogP contribution in [0.25, 0.3) is 0 Å². The van der Waals surface area contributed by atoms with Gasteiger partial charge < -0.3 is 15.0 Å². The smallest absolute Gasteiger partial charge is 0.322 e. The van der Waals surface area contributed by atoms with Gasteiger partial charge in [-0.1, -0.05) is 23.2 Å². The van der Waals surface area contributed by atoms with E-state index in [-0.39, 0.29) is 12.1 Å². The standard InChI is InChI=1S/C17H23Cl2N3O2S/c18-15-3-2-13(10-16(15)19)20-17(23)22-4-1-9-25-12-14(22)11-21-5-7-24-8-6-21/h2-3,10,14H,1,4-9,11-12H2,(H,20,23). The van der Waals surface area contributed by atoms with Crippen LogP contribution in [0.3, 0.4) is 0 Å². The van der Waals surface area contributed by atoms with Crippen molar-refractivity contribution in [1.29, 1.82) is 0 Å². The third-order valence-electron chi connectivity index (χ3n) is 4.44. The maximum atomic E-state index is 12.9. The normalized spacial score (nSPS) is 22.5. The highest BCUT2D eigenvalue weighted by Gasteiger charge is 2.28. The molecule has 1 aromatic rings. The molecule has 25 heavy (non-hydrogen) atoms. The number of amides is 2. The Morgan fingerprint density at radius 2 is 2.04 bits per heavy atom. The van der Waals surface area contributed by atoms with Crippen LogP contribution in [0.1, 0.15) is 6.42 Å². The minimum atomic E-state index is -0.0702. The highest BCUT2D eigenvalue weighted by atomic mass is 35.5. The van der Waals surface area contributed by atoms with Gasteiger partial charge in [0.1, 0.15) is 0 Å². The molecular formula is C17H23Cl2N3O2S. The molecule has 8 heteroatoms. The second kappa shape index (κ2) is 9.33. The van der Waals surface area contributed by atoms with E-state index in [1.54, 1.807) is 18.2 Å². The summed E-state index contributed by atoms with van der Waals surface area (Å²) >= 11 is 13.9. The molecule has 2 fully saturated rings. The van der Waals surface area contributed by atoms with Crippen LogP contribution >= 0.6 is 35.0 Å². The Bertz CT molecular complexity index is 599. The molecule has 2 aliphatic heterocycles. The van der Waals surface area contributed by atoms with Gasteiger partial charge in [-0.25, -0.2) is 4.79 Å². The Labute approximate surface area is 163 Å². The molecule has 3 rings (SSSR count). The number of halogens is 2. The molecule has 5 nitrogen and oxygen atoms in total. The zero-order chi connectivity index (χ0) is 17.6. The topological polar surface area (TPSA) is 44.8 Å². The average Bonchev–Trinajstić information content (AvgIpc) is 2.84. The first-order chi connectivity index (χ1) is 12.1. The van der Waals surface area contributed by atoms with E-state index in [9.17, 15) is 4.79 Å². The number of nitrogens with zero attached hydrogens (tertiary/aromatic N) is 2. The van der Waals surface area contributed by atoms with E-state index >= 15 is 0 Å². The Hall–Kier alpha value is -0.660. The number of carbonyl (C=O) groups excluding carboxylic acids is 1. The van der Waals surface area contributed by atoms with Gasteiger partial charge in [0.15, 0.2) is 0 Å². The van der Waals surface area contributed by atoms with Gasteiger partial charge in [-0.2, -0.15) is 11.8 Å². The number of hydrogen-bond acceptors (Lipinski definition) is 4. The van der Waals surface area contributed by atoms with Gasteiger partial charge in [0.05, 0.1) is 29.3 Å². The summed E-state index contributed by atoms with van der Waals surface area (Å²) in [6, 6.07) is 5.29. The van der Waals surface area contributed by atoms with E-state index in [2.05, 4.69) is 10.2 Å². The third kappa shape index (κ3) is 5.41. The molecule has 1 N–H and O–H groups in total. The number of carbonyl (C=O) groups is 1. The van der Waals surface area contributed by atoms with Gasteiger partial charge in [0.25, 0.3) is 0 Å². The number of hydrogen-bond donors (Lipinski definition) is 1. The maximum absolute atomic E-state index is 12.9. The first-order valence-corrected chi connectivity index (χ1v) is 10.4. The first kappa shape index (κ1) is 19.1. The molecule has 2 aliphatic rings. The summed E-state index contributed by atoms with van der Waals surface area (Å²) in [5, 5.41) is 3.89. The van der Waals surface area contributed by atoms with Crippen molar-refractivity contribution in [2.75, 3.05) is 56.2 Å². The van der Waals surface area contributed by atoms with Crippen molar-refractivity contribution in [3.05, 3.63) is 28.2 Å². The second-order valence-electron chi connectivity index (χ2n) is 6.25. The van der Waals surface area contributed by atoms with Crippen molar-refractivity contribution in [2.45, 2.75) is 12.5 Å². The molecule has 0 radical (unpaired) electrons. The van der Waals surface area contributed by atoms with E-state index in [0.29, 0.717) is 15.7 Å². The molecule has 2 saturated heterocycles. The lowest BCUT2D eigenvalue weighted by Gasteiger charge is -2.35. The van der Waals surface area contributed by atoms with Crippen LogP contribution in [0, 0.1) is 0 Å². The van der Waals surface area contributed by atoms with Crippen LogP contribution in [-0.2, 0) is 4.74 Å². The van der Waals surface area contributed by atoms with Gasteiger partial charge in [-0.3, -0.25) is 4.90 Å². The molecule has 0 aromatic heterocycles. The quantitative estimate of drug-likeness (QED) is 0.835. The van der Waals surface area contributed by atoms with Crippen molar-refractivity contribution in [3.8, 4) is 0 Å². The molecule has 1 unspecified atom stereocenters. The fourth-order valence-corrected chi connectivity index (χ4v) is 4.45. The van der Waals surface area contributed by atoms with Crippen molar-refractivity contribution in [3.63, 3.8) is 0 Å². The number of ether oxygens (including phenoxy) is 1. The molecule has 0 spiro atoms. The maximum Gasteiger partial charge on any atom is 0.322 e. The molecule has 2 amide bonds. The number of morpholine rings is 1. The highest BCUT2D eigenvalue weighted by molar-refractivity contribution is 7.99. The third-order valence-corrected chi connectivity index (χ3v) is 6.38. The van der Waals surface area contributed by atoms with Crippen molar-refractivity contribution < 1.29 is 9.53 Å². The fraction of sp³-hybridized carbons (Fsp3) is 0.588. The largest absolute Gasteiger partial charge is 0.379 e. The number of nitrogens with one attached hydrogen (secondary N) is 1. The zero-order valence-electron chi connectivity index (χ0n) is 14.0. The first-order valence-electron chi connectivity index (χ1n) is 8.54. The molecule has 2 heterocycles. The van der Waals surface area contributed by atoms with E-state index < -0.39 is 0 Å². The SMILES string of the molecule is O=C(Nc1ccc(Cl)c(Cl)c1)N1CCCSCC1CN1CCOCC1. The summed E-state index contributed by atoms with van der Waals surface area (Å²) in [4.78, 5) is 17.2. The minimum Gasteiger partial charge on any atom is -0.379 e. The monoisotopic (exact) mass is 403 g/mol. The average molecular weight is 404 g/mol. The molecule has 138 valence electrons. The molecule has 1 aromatic carbocycles. The van der Waals surface area contributed by atoms with Crippen LogP contribution in [-0.4, -0.2) is 72.8 Å². The van der Waals surface area contributed by atoms with Crippen molar-refractivity contribution in [1.82, 2.24) is 9.80 Å². The molecule has 0 bridgehead atoms. The Morgan fingerprint density at radius 3 is 2.80 bits per heavy atom. The van der Waals surface area contributed by atoms with Gasteiger partial charge in [-0.05, 0) is 30.4 Å². The van der Waals surface area contributed by atoms with Gasteiger partial charge in [0.2, 0.25) is 0 Å². The van der Waals surface area contributed by atoms with E-state index in [4.69, 9.17) is 27.9 Å². The number of benzene rings is 1. The minimum absolute atomic E-state index is 0.0702. The van der Waals surface area contributed by atoms with Gasteiger partial charge >= 0.3 is 6.03 Å². The number of thioether (sulfide) groups is 1. The van der Waals surface area contributed by atoms with E-state index in [1.807, 2.05) is 16.7 Å². The van der Waals surface area contributed by atoms with Crippen LogP contribution in [0.5, 0.6) is 0 Å². The van der Waals surface area contributed by atoms with Gasteiger partial charge in [0, 0.05) is 37.6 Å². The van der Waals surface area contributed by atoms with Crippen LogP contribution in [0.15, 0.2) is 18.2 Å². The van der Waals surface area contributed by atoms with E-state index in [1.165, 1.54) is 0 Å². The van der Waals surface area contributed by atoms with Gasteiger partial charge in [-0.15, -0.1) is 0 Å². The lowest BCUT2D eigenvalue weighted by molar-refractivity contribution is 0.0288. The van der Waals surface area contributed by atoms with Crippen molar-refractivity contribution in [2.24, 2.45) is 0 Å². The molecule has 1 atom stereocenters. The van der Waals surface area contributed by atoms with Crippen LogP contribution in [0.2, 0.25) is 10.0 Å². The molecule has 0 saturated carbocycles. The number of urea groups is 1. The Kier molecular flexibility index (Phi) is 7.13.